The van der Waals surface area contributed by atoms with Gasteiger partial charge in [-0.1, -0.05) is 0 Å². The van der Waals surface area contributed by atoms with Crippen molar-refractivity contribution in [3.63, 3.8) is 0 Å². The predicted molar refractivity (Wildman–Crippen MR) is 52.5 cm³/mol. The van der Waals surface area contributed by atoms with Gasteiger partial charge in [-0.3, -0.25) is 9.59 Å². The standard InChI is InChI=1S/C9H17N3O2/c1-7-6-11-8(13)5-9(14)12(7)4-2-3-10/h7H,2-6,10H2,1H3,(H,11,13). The summed E-state index contributed by atoms with van der Waals surface area (Å²) in [4.78, 5) is 24.4. The molecule has 1 aliphatic heterocycles. The Hall–Kier alpha value is -1.10. The SMILES string of the molecule is CC1CNC(=O)CC(=O)N1CCCN. The first kappa shape index (κ1) is 11.0. The van der Waals surface area contributed by atoms with Gasteiger partial charge in [0.25, 0.3) is 0 Å². The highest BCUT2D eigenvalue weighted by molar-refractivity contribution is 5.97. The smallest absolute Gasteiger partial charge is 0.232 e. The summed E-state index contributed by atoms with van der Waals surface area (Å²) < 4.78 is 0. The predicted octanol–water partition coefficient (Wildman–Crippen LogP) is -0.928. The highest BCUT2D eigenvalue weighted by atomic mass is 16.2. The van der Waals surface area contributed by atoms with Crippen molar-refractivity contribution in [2.24, 2.45) is 5.73 Å². The molecular weight excluding hydrogens is 182 g/mol. The van der Waals surface area contributed by atoms with Gasteiger partial charge in [0.1, 0.15) is 6.42 Å². The molecule has 1 fully saturated rings. The van der Waals surface area contributed by atoms with Crippen molar-refractivity contribution in [1.82, 2.24) is 10.2 Å². The maximum absolute atomic E-state index is 11.6. The third kappa shape index (κ3) is 2.70. The first-order chi connectivity index (χ1) is 6.65. The number of carbonyl (C=O) groups is 2. The summed E-state index contributed by atoms with van der Waals surface area (Å²) in [5.74, 6) is -0.280. The van der Waals surface area contributed by atoms with Crippen LogP contribution in [0.15, 0.2) is 0 Å². The summed E-state index contributed by atoms with van der Waals surface area (Å²) in [6, 6.07) is 0.0699. The number of carbonyl (C=O) groups excluding carboxylic acids is 2. The van der Waals surface area contributed by atoms with Crippen LogP contribution in [0.2, 0.25) is 0 Å². The molecule has 0 aliphatic carbocycles. The lowest BCUT2D eigenvalue weighted by atomic mass is 10.2. The zero-order chi connectivity index (χ0) is 10.6. The lowest BCUT2D eigenvalue weighted by Gasteiger charge is -2.26. The number of amides is 2. The van der Waals surface area contributed by atoms with Gasteiger partial charge in [-0.25, -0.2) is 0 Å². The van der Waals surface area contributed by atoms with Gasteiger partial charge in [0.15, 0.2) is 0 Å². The Labute approximate surface area is 83.6 Å². The number of hydrogen-bond acceptors (Lipinski definition) is 3. The van der Waals surface area contributed by atoms with Crippen LogP contribution >= 0.6 is 0 Å². The van der Waals surface area contributed by atoms with E-state index in [2.05, 4.69) is 5.32 Å². The van der Waals surface area contributed by atoms with Gasteiger partial charge in [-0.15, -0.1) is 0 Å². The van der Waals surface area contributed by atoms with Crippen LogP contribution in [-0.4, -0.2) is 42.4 Å². The highest BCUT2D eigenvalue weighted by Crippen LogP contribution is 2.06. The lowest BCUT2D eigenvalue weighted by Crippen LogP contribution is -2.41. The van der Waals surface area contributed by atoms with E-state index >= 15 is 0 Å². The van der Waals surface area contributed by atoms with Crippen molar-refractivity contribution in [1.29, 1.82) is 0 Å². The minimum Gasteiger partial charge on any atom is -0.354 e. The Morgan fingerprint density at radius 3 is 2.93 bits per heavy atom. The second kappa shape index (κ2) is 4.95. The molecule has 14 heavy (non-hydrogen) atoms. The molecule has 1 heterocycles. The molecule has 0 bridgehead atoms. The zero-order valence-electron chi connectivity index (χ0n) is 8.45. The van der Waals surface area contributed by atoms with E-state index < -0.39 is 0 Å². The number of nitrogens with two attached hydrogens (primary N) is 1. The minimum atomic E-state index is -0.183. The van der Waals surface area contributed by atoms with E-state index in [-0.39, 0.29) is 24.3 Å². The van der Waals surface area contributed by atoms with Gasteiger partial charge < -0.3 is 16.0 Å². The first-order valence-corrected chi connectivity index (χ1v) is 4.91. The summed E-state index contributed by atoms with van der Waals surface area (Å²) in [6.07, 6.45) is 0.749. The van der Waals surface area contributed by atoms with Crippen LogP contribution in [-0.2, 0) is 9.59 Å². The number of nitrogens with zero attached hydrogens (tertiary/aromatic N) is 1. The third-order valence-corrected chi connectivity index (χ3v) is 2.36. The third-order valence-electron chi connectivity index (χ3n) is 2.36. The molecule has 0 aromatic rings. The maximum atomic E-state index is 11.6. The van der Waals surface area contributed by atoms with Crippen molar-refractivity contribution in [2.75, 3.05) is 19.6 Å². The monoisotopic (exact) mass is 199 g/mol. The van der Waals surface area contributed by atoms with Gasteiger partial charge in [0, 0.05) is 19.1 Å². The molecule has 1 aliphatic rings. The number of hydrogen-bond donors (Lipinski definition) is 2. The highest BCUT2D eigenvalue weighted by Gasteiger charge is 2.25. The van der Waals surface area contributed by atoms with Crippen LogP contribution < -0.4 is 11.1 Å². The van der Waals surface area contributed by atoms with E-state index in [0.29, 0.717) is 19.6 Å². The van der Waals surface area contributed by atoms with Gasteiger partial charge in [-0.05, 0) is 19.9 Å². The first-order valence-electron chi connectivity index (χ1n) is 4.91. The average molecular weight is 199 g/mol. The largest absolute Gasteiger partial charge is 0.354 e. The lowest BCUT2D eigenvalue weighted by molar-refractivity contribution is -0.135. The van der Waals surface area contributed by atoms with Gasteiger partial charge in [-0.2, -0.15) is 0 Å². The fraction of sp³-hybridized carbons (Fsp3) is 0.778. The fourth-order valence-electron chi connectivity index (χ4n) is 1.53. The Bertz CT molecular complexity index is 230. The Balaban J connectivity index is 2.59. The van der Waals surface area contributed by atoms with E-state index in [1.165, 1.54) is 0 Å². The van der Waals surface area contributed by atoms with Crippen LogP contribution in [0.3, 0.4) is 0 Å². The Morgan fingerprint density at radius 2 is 2.29 bits per heavy atom. The molecule has 0 aromatic carbocycles. The van der Waals surface area contributed by atoms with Crippen molar-refractivity contribution in [2.45, 2.75) is 25.8 Å². The molecule has 0 saturated carbocycles. The van der Waals surface area contributed by atoms with Crippen LogP contribution in [0, 0.1) is 0 Å². The molecule has 3 N–H and O–H groups in total. The van der Waals surface area contributed by atoms with E-state index in [4.69, 9.17) is 5.73 Å². The van der Waals surface area contributed by atoms with E-state index in [1.54, 1.807) is 4.90 Å². The average Bonchev–Trinajstić information content (AvgIpc) is 2.25. The Morgan fingerprint density at radius 1 is 1.57 bits per heavy atom. The van der Waals surface area contributed by atoms with Crippen LogP contribution in [0.5, 0.6) is 0 Å². The molecule has 5 heteroatoms. The quantitative estimate of drug-likeness (QED) is 0.577. The van der Waals surface area contributed by atoms with Gasteiger partial charge in [0.05, 0.1) is 0 Å². The van der Waals surface area contributed by atoms with Crippen molar-refractivity contribution in [3.05, 3.63) is 0 Å². The molecule has 1 saturated heterocycles. The second-order valence-electron chi connectivity index (χ2n) is 3.56. The molecule has 1 atom stereocenters. The fourth-order valence-corrected chi connectivity index (χ4v) is 1.53. The molecule has 2 amide bonds. The van der Waals surface area contributed by atoms with Crippen molar-refractivity contribution < 1.29 is 9.59 Å². The van der Waals surface area contributed by atoms with Crippen molar-refractivity contribution >= 4 is 11.8 Å². The molecule has 0 aromatic heterocycles. The normalized spacial score (nSPS) is 23.3. The van der Waals surface area contributed by atoms with Gasteiger partial charge >= 0.3 is 0 Å². The summed E-state index contributed by atoms with van der Waals surface area (Å²) in [6.45, 7) is 3.68. The maximum Gasteiger partial charge on any atom is 0.232 e. The second-order valence-corrected chi connectivity index (χ2v) is 3.56. The molecule has 80 valence electrons. The van der Waals surface area contributed by atoms with Crippen LogP contribution in [0.25, 0.3) is 0 Å². The topological polar surface area (TPSA) is 75.4 Å². The molecule has 1 unspecified atom stereocenters. The summed E-state index contributed by atoms with van der Waals surface area (Å²) in [5.41, 5.74) is 5.38. The number of nitrogens with one attached hydrogen (secondary N) is 1. The zero-order valence-corrected chi connectivity index (χ0v) is 8.45. The molecule has 0 spiro atoms. The minimum absolute atomic E-state index is 0.0328. The van der Waals surface area contributed by atoms with Crippen LogP contribution in [0.4, 0.5) is 0 Å². The van der Waals surface area contributed by atoms with E-state index in [0.717, 1.165) is 6.42 Å². The Kier molecular flexibility index (Phi) is 3.88. The summed E-state index contributed by atoms with van der Waals surface area (Å²) in [7, 11) is 0. The molecule has 5 nitrogen and oxygen atoms in total. The molecule has 1 rings (SSSR count). The van der Waals surface area contributed by atoms with E-state index in [1.807, 2.05) is 6.92 Å². The number of rotatable bonds is 3. The van der Waals surface area contributed by atoms with Crippen molar-refractivity contribution in [3.8, 4) is 0 Å². The van der Waals surface area contributed by atoms with E-state index in [9.17, 15) is 9.59 Å². The molecular formula is C9H17N3O2. The summed E-state index contributed by atoms with van der Waals surface area (Å²) in [5, 5.41) is 2.70. The summed E-state index contributed by atoms with van der Waals surface area (Å²) >= 11 is 0. The van der Waals surface area contributed by atoms with Crippen LogP contribution in [0.1, 0.15) is 19.8 Å². The molecule has 0 radical (unpaired) electrons. The van der Waals surface area contributed by atoms with Gasteiger partial charge in [0.2, 0.25) is 11.8 Å².